The van der Waals surface area contributed by atoms with Crippen molar-refractivity contribution < 1.29 is 4.74 Å². The second kappa shape index (κ2) is 1.39. The van der Waals surface area contributed by atoms with Crippen LogP contribution < -0.4 is 5.32 Å². The molecule has 0 atom stereocenters. The molecule has 6 heavy (non-hydrogen) atoms. The molecule has 1 N–H and O–H groups in total. The molecule has 0 saturated carbocycles. The number of hydrogen-bond acceptors (Lipinski definition) is 2. The van der Waals surface area contributed by atoms with E-state index in [9.17, 15) is 0 Å². The largest absolute Gasteiger partial charge is 0.442 e. The third-order valence-electron chi connectivity index (χ3n) is 0.393. The van der Waals surface area contributed by atoms with E-state index in [1.807, 2.05) is 0 Å². The fourth-order valence-electron chi connectivity index (χ4n) is 0.194. The molecule has 0 aromatic carbocycles. The van der Waals surface area contributed by atoms with Gasteiger partial charge in [0, 0.05) is 0 Å². The van der Waals surface area contributed by atoms with E-state index < -0.39 is 0 Å². The van der Waals surface area contributed by atoms with Crippen LogP contribution in [0.1, 0.15) is 0 Å². The Labute approximate surface area is 40.7 Å². The summed E-state index contributed by atoms with van der Waals surface area (Å²) < 4.78 is 4.42. The maximum atomic E-state index is 5.23. The lowest BCUT2D eigenvalue weighted by atomic mass is 11.0. The number of ether oxygens (including phenoxy) is 1. The van der Waals surface area contributed by atoms with Crippen molar-refractivity contribution in [1.29, 1.82) is 0 Å². The van der Waals surface area contributed by atoms with Gasteiger partial charge in [-0.05, 0) is 11.6 Å². The third-order valence-corrected chi connectivity index (χ3v) is 0.579. The molecule has 0 fully saturated rings. The Morgan fingerprint density at radius 1 is 2.00 bits per heavy atom. The number of nitrogens with one attached hydrogen (secondary N) is 1. The Hall–Kier alpha value is -0.370. The monoisotopic (exact) mass is 103 g/mol. The Kier molecular flexibility index (Phi) is 0.881. The van der Waals surface area contributed by atoms with E-state index in [-0.39, 0.29) is 0 Å². The first kappa shape index (κ1) is 3.81. The summed E-state index contributed by atoms with van der Waals surface area (Å²) in [7, 11) is 0. The van der Waals surface area contributed by atoms with Crippen LogP contribution >= 0.6 is 11.6 Å². The molecule has 0 saturated heterocycles. The average Bonchev–Trinajstić information content (AvgIpc) is 1.86. The van der Waals surface area contributed by atoms with Gasteiger partial charge in [-0.3, -0.25) is 0 Å². The fourth-order valence-corrected chi connectivity index (χ4v) is 0.287. The molecular weight excluding hydrogens is 101 g/mol. The maximum Gasteiger partial charge on any atom is 0.312 e. The van der Waals surface area contributed by atoms with Crippen molar-refractivity contribution in [3.63, 3.8) is 0 Å². The van der Waals surface area contributed by atoms with E-state index in [4.69, 9.17) is 11.6 Å². The highest BCUT2D eigenvalue weighted by molar-refractivity contribution is 6.28. The first-order valence-electron chi connectivity index (χ1n) is 1.42. The van der Waals surface area contributed by atoms with Crippen molar-refractivity contribution in [3.05, 3.63) is 18.1 Å². The molecular formula is C3H2ClNO. The zero-order chi connectivity index (χ0) is 4.41. The Morgan fingerprint density at radius 2 is 2.83 bits per heavy atom. The molecule has 0 aromatic rings. The lowest BCUT2D eigenvalue weighted by molar-refractivity contribution is 0.331. The van der Waals surface area contributed by atoms with Crippen LogP contribution in [0.25, 0.3) is 0 Å². The SMILES string of the molecule is ClC1=CN[C]O1. The van der Waals surface area contributed by atoms with E-state index in [2.05, 4.69) is 16.8 Å². The second-order valence-electron chi connectivity index (χ2n) is 0.797. The van der Waals surface area contributed by atoms with E-state index in [0.29, 0.717) is 5.22 Å². The molecule has 1 aliphatic rings. The number of halogens is 1. The minimum absolute atomic E-state index is 0.329. The van der Waals surface area contributed by atoms with Crippen molar-refractivity contribution in [2.24, 2.45) is 0 Å². The molecule has 1 aliphatic heterocycles. The van der Waals surface area contributed by atoms with E-state index in [1.165, 1.54) is 6.20 Å². The molecule has 2 radical (unpaired) electrons. The van der Waals surface area contributed by atoms with Crippen LogP contribution in [-0.2, 0) is 4.74 Å². The summed E-state index contributed by atoms with van der Waals surface area (Å²) in [4.78, 5) is 0. The van der Waals surface area contributed by atoms with Crippen LogP contribution in [0, 0.1) is 6.73 Å². The van der Waals surface area contributed by atoms with Gasteiger partial charge in [0.15, 0.2) is 0 Å². The van der Waals surface area contributed by atoms with Crippen molar-refractivity contribution >= 4 is 11.6 Å². The molecule has 2 nitrogen and oxygen atoms in total. The van der Waals surface area contributed by atoms with Gasteiger partial charge in [-0.2, -0.15) is 0 Å². The lowest BCUT2D eigenvalue weighted by Crippen LogP contribution is -1.90. The van der Waals surface area contributed by atoms with Crippen molar-refractivity contribution in [2.75, 3.05) is 0 Å². The first-order chi connectivity index (χ1) is 2.89. The molecule has 0 aliphatic carbocycles. The van der Waals surface area contributed by atoms with Gasteiger partial charge in [-0.1, -0.05) is 0 Å². The predicted molar refractivity (Wildman–Crippen MR) is 21.4 cm³/mol. The minimum atomic E-state index is 0.329. The first-order valence-corrected chi connectivity index (χ1v) is 1.80. The van der Waals surface area contributed by atoms with Gasteiger partial charge < -0.3 is 10.1 Å². The van der Waals surface area contributed by atoms with Crippen molar-refractivity contribution in [2.45, 2.75) is 0 Å². The van der Waals surface area contributed by atoms with Crippen LogP contribution in [0.3, 0.4) is 0 Å². The second-order valence-corrected chi connectivity index (χ2v) is 1.17. The van der Waals surface area contributed by atoms with Crippen molar-refractivity contribution in [1.82, 2.24) is 5.32 Å². The standard InChI is InChI=1S/C3H2ClNO/c4-3-1-5-2-6-3/h1,5H. The van der Waals surface area contributed by atoms with Crippen LogP contribution in [0.4, 0.5) is 0 Å². The van der Waals surface area contributed by atoms with Gasteiger partial charge in [0.2, 0.25) is 5.22 Å². The molecule has 1 heterocycles. The number of rotatable bonds is 0. The van der Waals surface area contributed by atoms with Gasteiger partial charge in [-0.15, -0.1) is 0 Å². The molecule has 0 aromatic heterocycles. The topological polar surface area (TPSA) is 21.3 Å². The molecule has 1 rings (SSSR count). The summed E-state index contributed by atoms with van der Waals surface area (Å²) in [6.45, 7) is 2.30. The molecule has 3 heteroatoms. The highest BCUT2D eigenvalue weighted by Crippen LogP contribution is 2.06. The van der Waals surface area contributed by atoms with Gasteiger partial charge in [-0.25, -0.2) is 0 Å². The van der Waals surface area contributed by atoms with E-state index in [1.54, 1.807) is 0 Å². The number of hydrogen-bond donors (Lipinski definition) is 1. The quantitative estimate of drug-likeness (QED) is 0.486. The van der Waals surface area contributed by atoms with Crippen molar-refractivity contribution in [3.8, 4) is 0 Å². The molecule has 0 amide bonds. The van der Waals surface area contributed by atoms with Gasteiger partial charge in [0.1, 0.15) is 0 Å². The highest BCUT2D eigenvalue weighted by Gasteiger charge is 1.99. The van der Waals surface area contributed by atoms with Crippen LogP contribution in [0.2, 0.25) is 0 Å². The Bertz CT molecular complexity index is 80.9. The normalized spacial score (nSPS) is 18.5. The maximum absolute atomic E-state index is 5.23. The third kappa shape index (κ3) is 0.571. The molecule has 0 spiro atoms. The highest BCUT2D eigenvalue weighted by atomic mass is 35.5. The summed E-state index contributed by atoms with van der Waals surface area (Å²) in [5.74, 6) is 0. The Balaban J connectivity index is 2.45. The van der Waals surface area contributed by atoms with E-state index >= 15 is 0 Å². The molecule has 0 unspecified atom stereocenters. The zero-order valence-electron chi connectivity index (χ0n) is 2.86. The summed E-state index contributed by atoms with van der Waals surface area (Å²) in [5.41, 5.74) is 0. The van der Waals surface area contributed by atoms with Gasteiger partial charge in [0.05, 0.1) is 6.20 Å². The van der Waals surface area contributed by atoms with Crippen LogP contribution in [0.5, 0.6) is 0 Å². The average molecular weight is 104 g/mol. The van der Waals surface area contributed by atoms with Gasteiger partial charge >= 0.3 is 6.73 Å². The summed E-state index contributed by atoms with van der Waals surface area (Å²) in [6, 6.07) is 0. The minimum Gasteiger partial charge on any atom is -0.442 e. The summed E-state index contributed by atoms with van der Waals surface area (Å²) >= 11 is 5.23. The van der Waals surface area contributed by atoms with E-state index in [0.717, 1.165) is 0 Å². The predicted octanol–water partition coefficient (Wildman–Crippen LogP) is 0.640. The smallest absolute Gasteiger partial charge is 0.312 e. The lowest BCUT2D eigenvalue weighted by Gasteiger charge is -1.82. The van der Waals surface area contributed by atoms with Crippen LogP contribution in [-0.4, -0.2) is 0 Å². The Morgan fingerprint density at radius 3 is 3.00 bits per heavy atom. The van der Waals surface area contributed by atoms with Gasteiger partial charge in [0.25, 0.3) is 0 Å². The zero-order valence-corrected chi connectivity index (χ0v) is 3.62. The fraction of sp³-hybridized carbons (Fsp3) is 0. The summed E-state index contributed by atoms with van der Waals surface area (Å²) in [5, 5.41) is 2.83. The summed E-state index contributed by atoms with van der Waals surface area (Å²) in [6.07, 6.45) is 1.50. The molecule has 32 valence electrons. The van der Waals surface area contributed by atoms with Crippen LogP contribution in [0.15, 0.2) is 11.4 Å². The molecule has 0 bridgehead atoms.